The van der Waals surface area contributed by atoms with Gasteiger partial charge in [-0.05, 0) is 39.5 Å². The van der Waals surface area contributed by atoms with Crippen LogP contribution in [0.2, 0.25) is 0 Å². The summed E-state index contributed by atoms with van der Waals surface area (Å²) in [6, 6.07) is 0. The van der Waals surface area contributed by atoms with E-state index in [-0.39, 0.29) is 11.4 Å². The van der Waals surface area contributed by atoms with Crippen molar-refractivity contribution >= 4 is 11.9 Å². The molecule has 0 aliphatic carbocycles. The maximum atomic E-state index is 12.4. The van der Waals surface area contributed by atoms with Gasteiger partial charge in [0, 0.05) is 31.0 Å². The van der Waals surface area contributed by atoms with Gasteiger partial charge in [0.1, 0.15) is 0 Å². The number of piperidine rings is 1. The molecule has 0 spiro atoms. The van der Waals surface area contributed by atoms with Gasteiger partial charge < -0.3 is 10.2 Å². The highest BCUT2D eigenvalue weighted by molar-refractivity contribution is 5.93. The monoisotopic (exact) mass is 276 g/mol. The van der Waals surface area contributed by atoms with Gasteiger partial charge in [-0.3, -0.25) is 4.79 Å². The lowest BCUT2D eigenvalue weighted by Crippen LogP contribution is -2.39. The van der Waals surface area contributed by atoms with Gasteiger partial charge in [-0.2, -0.15) is 0 Å². The van der Waals surface area contributed by atoms with Crippen LogP contribution in [-0.2, 0) is 0 Å². The Morgan fingerprint density at radius 1 is 1.35 bits per heavy atom. The van der Waals surface area contributed by atoms with Gasteiger partial charge in [-0.25, -0.2) is 9.97 Å². The summed E-state index contributed by atoms with van der Waals surface area (Å²) >= 11 is 0. The van der Waals surface area contributed by atoms with E-state index >= 15 is 0 Å². The molecule has 0 radical (unpaired) electrons. The largest absolute Gasteiger partial charge is 0.350 e. The molecule has 1 fully saturated rings. The lowest BCUT2D eigenvalue weighted by molar-refractivity contribution is 0.0682. The van der Waals surface area contributed by atoms with Crippen molar-refractivity contribution in [2.75, 3.05) is 18.4 Å². The number of hydrogen-bond acceptors (Lipinski definition) is 4. The number of carbonyl (C=O) groups excluding carboxylic acids is 1. The smallest absolute Gasteiger partial charge is 0.257 e. The zero-order chi connectivity index (χ0) is 14.8. The molecule has 0 bridgehead atoms. The maximum Gasteiger partial charge on any atom is 0.257 e. The molecular weight excluding hydrogens is 252 g/mol. The number of nitrogens with zero attached hydrogens (tertiary/aromatic N) is 3. The summed E-state index contributed by atoms with van der Waals surface area (Å²) in [5.74, 6) is 1.18. The molecule has 1 N–H and O–H groups in total. The summed E-state index contributed by atoms with van der Waals surface area (Å²) in [7, 11) is 0. The van der Waals surface area contributed by atoms with Crippen molar-refractivity contribution in [1.82, 2.24) is 14.9 Å². The van der Waals surface area contributed by atoms with Crippen LogP contribution in [0.3, 0.4) is 0 Å². The molecule has 2 heterocycles. The Hall–Kier alpha value is -1.65. The molecule has 20 heavy (non-hydrogen) atoms. The highest BCUT2D eigenvalue weighted by Gasteiger charge is 2.22. The van der Waals surface area contributed by atoms with Crippen molar-refractivity contribution in [2.24, 2.45) is 5.92 Å². The molecule has 1 aliphatic rings. The van der Waals surface area contributed by atoms with Gasteiger partial charge in [-0.15, -0.1) is 0 Å². The Bertz CT molecular complexity index is 464. The van der Waals surface area contributed by atoms with E-state index in [1.165, 1.54) is 6.42 Å². The normalized spacial score (nSPS) is 19.8. The van der Waals surface area contributed by atoms with Crippen LogP contribution in [0.25, 0.3) is 0 Å². The third kappa shape index (κ3) is 3.92. The minimum Gasteiger partial charge on any atom is -0.350 e. The predicted molar refractivity (Wildman–Crippen MR) is 79.7 cm³/mol. The third-order valence-corrected chi connectivity index (χ3v) is 3.33. The van der Waals surface area contributed by atoms with E-state index < -0.39 is 0 Å². The SMILES string of the molecule is CC1CCCN(C(=O)c2cnc(NC(C)(C)C)nc2)C1. The fourth-order valence-electron chi connectivity index (χ4n) is 2.39. The summed E-state index contributed by atoms with van der Waals surface area (Å²) in [4.78, 5) is 22.7. The Balaban J connectivity index is 2.04. The van der Waals surface area contributed by atoms with Crippen LogP contribution < -0.4 is 5.32 Å². The van der Waals surface area contributed by atoms with Crippen molar-refractivity contribution in [3.8, 4) is 0 Å². The first-order chi connectivity index (χ1) is 9.35. The quantitative estimate of drug-likeness (QED) is 0.902. The number of carbonyl (C=O) groups is 1. The highest BCUT2D eigenvalue weighted by atomic mass is 16.2. The fourth-order valence-corrected chi connectivity index (χ4v) is 2.39. The third-order valence-electron chi connectivity index (χ3n) is 3.33. The Morgan fingerprint density at radius 3 is 2.55 bits per heavy atom. The van der Waals surface area contributed by atoms with E-state index in [9.17, 15) is 4.79 Å². The second-order valence-corrected chi connectivity index (χ2v) is 6.67. The Labute approximate surface area is 120 Å². The number of anilines is 1. The van der Waals surface area contributed by atoms with Gasteiger partial charge in [-0.1, -0.05) is 6.92 Å². The number of likely N-dealkylation sites (tertiary alicyclic amines) is 1. The number of amides is 1. The van der Waals surface area contributed by atoms with Gasteiger partial charge in [0.2, 0.25) is 5.95 Å². The molecule has 1 aromatic heterocycles. The number of nitrogens with one attached hydrogen (secondary N) is 1. The first kappa shape index (κ1) is 14.8. The predicted octanol–water partition coefficient (Wildman–Crippen LogP) is 2.56. The van der Waals surface area contributed by atoms with Crippen molar-refractivity contribution in [3.63, 3.8) is 0 Å². The van der Waals surface area contributed by atoms with E-state index in [4.69, 9.17) is 0 Å². The van der Waals surface area contributed by atoms with E-state index in [0.29, 0.717) is 17.4 Å². The van der Waals surface area contributed by atoms with Gasteiger partial charge in [0.05, 0.1) is 5.56 Å². The topological polar surface area (TPSA) is 58.1 Å². The first-order valence-corrected chi connectivity index (χ1v) is 7.24. The molecule has 1 atom stereocenters. The van der Waals surface area contributed by atoms with Crippen LogP contribution in [0, 0.1) is 5.92 Å². The zero-order valence-corrected chi connectivity index (χ0v) is 12.8. The Morgan fingerprint density at radius 2 is 2.00 bits per heavy atom. The van der Waals surface area contributed by atoms with Crippen molar-refractivity contribution in [1.29, 1.82) is 0 Å². The van der Waals surface area contributed by atoms with Crippen molar-refractivity contribution in [2.45, 2.75) is 46.1 Å². The number of rotatable bonds is 2. The minimum absolute atomic E-state index is 0.0406. The second kappa shape index (κ2) is 5.77. The number of aromatic nitrogens is 2. The van der Waals surface area contributed by atoms with Gasteiger partial charge in [0.15, 0.2) is 0 Å². The molecule has 1 amide bonds. The number of hydrogen-bond donors (Lipinski definition) is 1. The molecule has 0 saturated carbocycles. The maximum absolute atomic E-state index is 12.4. The lowest BCUT2D eigenvalue weighted by Gasteiger charge is -2.30. The van der Waals surface area contributed by atoms with E-state index in [0.717, 1.165) is 19.5 Å². The average molecular weight is 276 g/mol. The lowest BCUT2D eigenvalue weighted by atomic mass is 10.00. The summed E-state index contributed by atoms with van der Waals surface area (Å²) in [5.41, 5.74) is 0.479. The zero-order valence-electron chi connectivity index (χ0n) is 12.8. The molecule has 5 heteroatoms. The average Bonchev–Trinajstić information content (AvgIpc) is 2.37. The molecule has 1 aliphatic heterocycles. The summed E-state index contributed by atoms with van der Waals surface area (Å²) in [6.45, 7) is 10.00. The molecule has 1 aromatic rings. The van der Waals surface area contributed by atoms with Crippen LogP contribution in [-0.4, -0.2) is 39.4 Å². The van der Waals surface area contributed by atoms with E-state index in [1.54, 1.807) is 12.4 Å². The van der Waals surface area contributed by atoms with E-state index in [2.05, 4.69) is 22.2 Å². The fraction of sp³-hybridized carbons (Fsp3) is 0.667. The second-order valence-electron chi connectivity index (χ2n) is 6.67. The highest BCUT2D eigenvalue weighted by Crippen LogP contribution is 2.18. The van der Waals surface area contributed by atoms with E-state index in [1.807, 2.05) is 25.7 Å². The molecule has 5 nitrogen and oxygen atoms in total. The molecule has 110 valence electrons. The van der Waals surface area contributed by atoms with Crippen molar-refractivity contribution in [3.05, 3.63) is 18.0 Å². The molecule has 2 rings (SSSR count). The van der Waals surface area contributed by atoms with Gasteiger partial charge in [0.25, 0.3) is 5.91 Å². The Kier molecular flexibility index (Phi) is 4.26. The van der Waals surface area contributed by atoms with Crippen LogP contribution in [0.5, 0.6) is 0 Å². The standard InChI is InChI=1S/C15H24N4O/c1-11-6-5-7-19(10-11)13(20)12-8-16-14(17-9-12)18-15(2,3)4/h8-9,11H,5-7,10H2,1-4H3,(H,16,17,18). The minimum atomic E-state index is -0.0895. The summed E-state index contributed by atoms with van der Waals surface area (Å²) in [6.07, 6.45) is 5.51. The summed E-state index contributed by atoms with van der Waals surface area (Å²) in [5, 5.41) is 3.19. The molecule has 1 saturated heterocycles. The first-order valence-electron chi connectivity index (χ1n) is 7.24. The van der Waals surface area contributed by atoms with Crippen LogP contribution in [0.15, 0.2) is 12.4 Å². The summed E-state index contributed by atoms with van der Waals surface area (Å²) < 4.78 is 0. The molecule has 1 unspecified atom stereocenters. The van der Waals surface area contributed by atoms with Crippen LogP contribution in [0.1, 0.15) is 50.9 Å². The van der Waals surface area contributed by atoms with Crippen molar-refractivity contribution < 1.29 is 4.79 Å². The molecular formula is C15H24N4O. The molecule has 0 aromatic carbocycles. The van der Waals surface area contributed by atoms with Gasteiger partial charge >= 0.3 is 0 Å². The van der Waals surface area contributed by atoms with Crippen LogP contribution in [0.4, 0.5) is 5.95 Å². The van der Waals surface area contributed by atoms with Crippen LogP contribution >= 0.6 is 0 Å².